The molecule has 0 heterocycles. The summed E-state index contributed by atoms with van der Waals surface area (Å²) in [5, 5.41) is 32.4. The van der Waals surface area contributed by atoms with E-state index < -0.39 is 5.97 Å². The average molecular weight is 789 g/mol. The van der Waals surface area contributed by atoms with Gasteiger partial charge in [0, 0.05) is 26.6 Å². The van der Waals surface area contributed by atoms with Crippen molar-refractivity contribution in [2.24, 2.45) is 35.1 Å². The number of rotatable bonds is 12. The van der Waals surface area contributed by atoms with Crippen molar-refractivity contribution in [1.29, 1.82) is 10.5 Å². The highest BCUT2D eigenvalue weighted by atomic mass is 19.1. The van der Waals surface area contributed by atoms with Gasteiger partial charge in [-0.3, -0.25) is 4.79 Å². The molecule has 312 valence electrons. The summed E-state index contributed by atoms with van der Waals surface area (Å²) in [6, 6.07) is 32.3. The van der Waals surface area contributed by atoms with Crippen LogP contribution in [-0.2, 0) is 17.9 Å². The van der Waals surface area contributed by atoms with Crippen LogP contribution in [0.15, 0.2) is 97.1 Å². The third-order valence-corrected chi connectivity index (χ3v) is 6.39. The van der Waals surface area contributed by atoms with E-state index in [4.69, 9.17) is 51.2 Å². The van der Waals surface area contributed by atoms with E-state index in [1.54, 1.807) is 12.1 Å². The van der Waals surface area contributed by atoms with Crippen LogP contribution in [0, 0.1) is 52.2 Å². The summed E-state index contributed by atoms with van der Waals surface area (Å²) in [6.07, 6.45) is 0. The molecule has 4 aromatic carbocycles. The molecule has 0 aliphatic heterocycles. The minimum Gasteiger partial charge on any atom is -0.493 e. The number of aliphatic hydroxyl groups is 1. The first-order valence-electron chi connectivity index (χ1n) is 18.9. The minimum atomic E-state index is -0.833. The molecule has 0 saturated heterocycles. The second-order valence-electron chi connectivity index (χ2n) is 14.2. The van der Waals surface area contributed by atoms with Crippen molar-refractivity contribution in [3.8, 4) is 29.4 Å². The van der Waals surface area contributed by atoms with Crippen LogP contribution in [0.1, 0.15) is 84.6 Å². The second-order valence-corrected chi connectivity index (χ2v) is 14.2. The SMILES string of the molecule is CC(=O)O.CC(C)CO.CC(C)COc1ccc(C#N)cc1.CC(C)COc1ccc(CN)cc1.CC(C)COc1ccc(CN)cc1.N#Cc1ccc(F)cc1. The fourth-order valence-corrected chi connectivity index (χ4v) is 3.38. The molecular formula is C46H65FN4O6. The number of carbonyl (C=O) groups is 1. The number of aliphatic hydroxyl groups excluding tert-OH is 1. The number of nitrogens with zero attached hydrogens (tertiary/aromatic N) is 2. The monoisotopic (exact) mass is 788 g/mol. The molecule has 0 aliphatic rings. The molecule has 0 aromatic heterocycles. The number of nitriles is 2. The fraction of sp³-hybridized carbons (Fsp3) is 0.413. The van der Waals surface area contributed by atoms with Gasteiger partial charge in [0.1, 0.15) is 23.1 Å². The zero-order valence-corrected chi connectivity index (χ0v) is 35.2. The normalized spacial score (nSPS) is 9.60. The molecule has 4 rings (SSSR count). The number of benzene rings is 4. The number of aliphatic carboxylic acids is 1. The smallest absolute Gasteiger partial charge is 0.300 e. The summed E-state index contributed by atoms with van der Waals surface area (Å²) >= 11 is 0. The number of ether oxygens (including phenoxy) is 3. The first-order chi connectivity index (χ1) is 27.0. The third-order valence-electron chi connectivity index (χ3n) is 6.39. The number of hydrogen-bond donors (Lipinski definition) is 4. The van der Waals surface area contributed by atoms with E-state index in [1.807, 2.05) is 80.6 Å². The van der Waals surface area contributed by atoms with Gasteiger partial charge in [0.15, 0.2) is 0 Å². The molecule has 0 aliphatic carbocycles. The summed E-state index contributed by atoms with van der Waals surface area (Å²) in [5.41, 5.74) is 14.4. The predicted octanol–water partition coefficient (Wildman–Crippen LogP) is 9.38. The van der Waals surface area contributed by atoms with Gasteiger partial charge < -0.3 is 35.9 Å². The van der Waals surface area contributed by atoms with E-state index in [-0.39, 0.29) is 5.82 Å². The van der Waals surface area contributed by atoms with Crippen LogP contribution in [0.25, 0.3) is 0 Å². The van der Waals surface area contributed by atoms with E-state index in [2.05, 4.69) is 47.6 Å². The molecule has 10 nitrogen and oxygen atoms in total. The van der Waals surface area contributed by atoms with Crippen LogP contribution in [0.4, 0.5) is 4.39 Å². The van der Waals surface area contributed by atoms with E-state index in [1.165, 1.54) is 24.3 Å². The van der Waals surface area contributed by atoms with Crippen LogP contribution in [0.5, 0.6) is 17.2 Å². The van der Waals surface area contributed by atoms with Crippen molar-refractivity contribution in [3.63, 3.8) is 0 Å². The Kier molecular flexibility index (Phi) is 31.8. The lowest BCUT2D eigenvalue weighted by molar-refractivity contribution is -0.134. The Morgan fingerprint density at radius 2 is 0.825 bits per heavy atom. The maximum atomic E-state index is 12.1. The molecule has 6 N–H and O–H groups in total. The van der Waals surface area contributed by atoms with Crippen molar-refractivity contribution < 1.29 is 33.6 Å². The minimum absolute atomic E-state index is 0.306. The zero-order valence-electron chi connectivity index (χ0n) is 35.2. The number of carboxylic acid groups (broad SMARTS) is 1. The Morgan fingerprint density at radius 1 is 0.579 bits per heavy atom. The summed E-state index contributed by atoms with van der Waals surface area (Å²) in [6.45, 7) is 21.5. The molecule has 0 saturated carbocycles. The van der Waals surface area contributed by atoms with E-state index in [0.717, 1.165) is 48.5 Å². The Balaban J connectivity index is 0. The van der Waals surface area contributed by atoms with Gasteiger partial charge in [-0.15, -0.1) is 0 Å². The first kappa shape index (κ1) is 53.6. The third kappa shape index (κ3) is 33.6. The van der Waals surface area contributed by atoms with Crippen LogP contribution in [-0.4, -0.2) is 42.6 Å². The van der Waals surface area contributed by atoms with Crippen molar-refractivity contribution >= 4 is 5.97 Å². The Hall–Kier alpha value is -5.46. The molecule has 0 amide bonds. The second kappa shape index (κ2) is 33.8. The van der Waals surface area contributed by atoms with Gasteiger partial charge in [0.25, 0.3) is 5.97 Å². The highest BCUT2D eigenvalue weighted by Gasteiger charge is 1.99. The van der Waals surface area contributed by atoms with Crippen LogP contribution < -0.4 is 25.7 Å². The van der Waals surface area contributed by atoms with Crippen molar-refractivity contribution in [3.05, 3.63) is 125 Å². The van der Waals surface area contributed by atoms with Gasteiger partial charge in [0.2, 0.25) is 0 Å². The number of nitrogens with two attached hydrogens (primary N) is 2. The lowest BCUT2D eigenvalue weighted by atomic mass is 10.2. The topological polar surface area (TPSA) is 185 Å². The molecule has 0 bridgehead atoms. The summed E-state index contributed by atoms with van der Waals surface area (Å²) in [4.78, 5) is 9.00. The molecule has 0 spiro atoms. The van der Waals surface area contributed by atoms with Gasteiger partial charge in [-0.2, -0.15) is 10.5 Å². The molecule has 4 aromatic rings. The standard InChI is InChI=1S/2C11H17NO.C11H13NO.C7H4FN.C4H10O.C2H4O2/c3*1-9(2)8-13-11-5-3-10(7-12)4-6-11;8-7-3-1-6(5-9)2-4-7;1-4(2)3-5;1-2(3)4/h2*3-6,9H,7-8,12H2,1-2H3;3-6,9H,8H2,1-2H3;1-4H;4-5H,3H2,1-2H3;1H3,(H,3,4). The molecule has 0 radical (unpaired) electrons. The van der Waals surface area contributed by atoms with Gasteiger partial charge >= 0.3 is 0 Å². The predicted molar refractivity (Wildman–Crippen MR) is 227 cm³/mol. The Morgan fingerprint density at radius 3 is 1.04 bits per heavy atom. The quantitative estimate of drug-likeness (QED) is 0.108. The van der Waals surface area contributed by atoms with Crippen molar-refractivity contribution in [2.45, 2.75) is 75.4 Å². The maximum absolute atomic E-state index is 12.1. The lowest BCUT2D eigenvalue weighted by Gasteiger charge is -2.08. The largest absolute Gasteiger partial charge is 0.493 e. The average Bonchev–Trinajstić information content (AvgIpc) is 3.20. The molecule has 0 atom stereocenters. The summed E-state index contributed by atoms with van der Waals surface area (Å²) in [5.74, 6) is 3.62. The summed E-state index contributed by atoms with van der Waals surface area (Å²) < 4.78 is 28.6. The van der Waals surface area contributed by atoms with Crippen molar-refractivity contribution in [1.82, 2.24) is 0 Å². The molecule has 0 unspecified atom stereocenters. The van der Waals surface area contributed by atoms with Gasteiger partial charge in [0.05, 0.1) is 43.1 Å². The number of halogens is 1. The van der Waals surface area contributed by atoms with Gasteiger partial charge in [-0.1, -0.05) is 79.7 Å². The van der Waals surface area contributed by atoms with Gasteiger partial charge in [-0.05, 0) is 108 Å². The highest BCUT2D eigenvalue weighted by molar-refractivity contribution is 5.63. The maximum Gasteiger partial charge on any atom is 0.300 e. The van der Waals surface area contributed by atoms with Crippen LogP contribution in [0.2, 0.25) is 0 Å². The van der Waals surface area contributed by atoms with Crippen LogP contribution in [0.3, 0.4) is 0 Å². The number of hydrogen-bond acceptors (Lipinski definition) is 9. The Labute approximate surface area is 340 Å². The summed E-state index contributed by atoms with van der Waals surface area (Å²) in [7, 11) is 0. The molecule has 0 fully saturated rings. The van der Waals surface area contributed by atoms with Gasteiger partial charge in [-0.25, -0.2) is 4.39 Å². The van der Waals surface area contributed by atoms with E-state index in [9.17, 15) is 4.39 Å². The molecule has 57 heavy (non-hydrogen) atoms. The van der Waals surface area contributed by atoms with Crippen molar-refractivity contribution in [2.75, 3.05) is 26.4 Å². The van der Waals surface area contributed by atoms with E-state index >= 15 is 0 Å². The fourth-order valence-electron chi connectivity index (χ4n) is 3.38. The van der Waals surface area contributed by atoms with Crippen LogP contribution >= 0.6 is 0 Å². The number of carboxylic acids is 1. The van der Waals surface area contributed by atoms with E-state index in [0.29, 0.717) is 61.1 Å². The molecule has 11 heteroatoms. The first-order valence-corrected chi connectivity index (χ1v) is 18.9. The Bertz CT molecular complexity index is 1590. The zero-order chi connectivity index (χ0) is 43.6. The molecular weight excluding hydrogens is 724 g/mol. The highest BCUT2D eigenvalue weighted by Crippen LogP contribution is 2.14. The lowest BCUT2D eigenvalue weighted by Crippen LogP contribution is -2.04.